The number of unbranched alkanes of at least 4 members (excludes halogenated alkanes) is 1. The molecule has 1 atom stereocenters. The number of benzene rings is 1. The molecule has 18 heavy (non-hydrogen) atoms. The molecule has 0 heterocycles. The van der Waals surface area contributed by atoms with Crippen LogP contribution in [-0.4, -0.2) is 6.54 Å². The Morgan fingerprint density at radius 2 is 1.94 bits per heavy atom. The fourth-order valence-corrected chi connectivity index (χ4v) is 2.51. The van der Waals surface area contributed by atoms with E-state index in [2.05, 4.69) is 50.9 Å². The highest BCUT2D eigenvalue weighted by molar-refractivity contribution is 5.36. The van der Waals surface area contributed by atoms with Gasteiger partial charge in [0.1, 0.15) is 0 Å². The molecule has 0 aromatic heterocycles. The van der Waals surface area contributed by atoms with Crippen LogP contribution < -0.4 is 5.32 Å². The van der Waals surface area contributed by atoms with Gasteiger partial charge in [0.05, 0.1) is 0 Å². The van der Waals surface area contributed by atoms with Crippen LogP contribution in [0.25, 0.3) is 0 Å². The molecule has 0 spiro atoms. The topological polar surface area (TPSA) is 12.0 Å². The molecule has 0 aliphatic carbocycles. The molecule has 1 aromatic carbocycles. The first-order valence-corrected chi connectivity index (χ1v) is 7.11. The quantitative estimate of drug-likeness (QED) is 0.517. The number of allylic oxidation sites excluding steroid dienone is 1. The second-order valence-electron chi connectivity index (χ2n) is 5.03. The molecule has 0 saturated carbocycles. The van der Waals surface area contributed by atoms with E-state index in [1.54, 1.807) is 0 Å². The van der Waals surface area contributed by atoms with E-state index in [0.717, 1.165) is 13.0 Å². The maximum atomic E-state index is 3.81. The summed E-state index contributed by atoms with van der Waals surface area (Å²) in [5, 5.41) is 3.69. The van der Waals surface area contributed by atoms with Crippen molar-refractivity contribution < 1.29 is 0 Å². The minimum absolute atomic E-state index is 0.492. The maximum absolute atomic E-state index is 3.81. The van der Waals surface area contributed by atoms with E-state index in [1.807, 2.05) is 6.08 Å². The molecule has 0 amide bonds. The van der Waals surface area contributed by atoms with Gasteiger partial charge in [-0.15, -0.1) is 6.58 Å². The van der Waals surface area contributed by atoms with Crippen molar-refractivity contribution in [1.82, 2.24) is 5.32 Å². The van der Waals surface area contributed by atoms with E-state index in [4.69, 9.17) is 0 Å². The van der Waals surface area contributed by atoms with E-state index in [1.165, 1.54) is 36.0 Å². The van der Waals surface area contributed by atoms with Gasteiger partial charge in [-0.1, -0.05) is 31.2 Å². The van der Waals surface area contributed by atoms with Crippen LogP contribution in [0.2, 0.25) is 0 Å². The summed E-state index contributed by atoms with van der Waals surface area (Å²) >= 11 is 0. The van der Waals surface area contributed by atoms with E-state index in [9.17, 15) is 0 Å². The monoisotopic (exact) mass is 245 g/mol. The third kappa shape index (κ3) is 4.30. The van der Waals surface area contributed by atoms with Crippen molar-refractivity contribution in [3.8, 4) is 0 Å². The first-order valence-electron chi connectivity index (χ1n) is 7.11. The van der Waals surface area contributed by atoms with Crippen LogP contribution in [0.5, 0.6) is 0 Å². The molecule has 1 N–H and O–H groups in total. The zero-order valence-corrected chi connectivity index (χ0v) is 12.1. The van der Waals surface area contributed by atoms with Crippen molar-refractivity contribution in [2.75, 3.05) is 6.54 Å². The molecule has 0 radical (unpaired) electrons. The standard InChI is InChI=1S/C17H27N/c1-5-7-8-12-16(18-13-6-2)17-14(3)10-9-11-15(17)4/h5,9-11,16,18H,1,6-8,12-13H2,2-4H3. The van der Waals surface area contributed by atoms with E-state index in [0.29, 0.717) is 6.04 Å². The first kappa shape index (κ1) is 15.0. The van der Waals surface area contributed by atoms with Crippen LogP contribution in [-0.2, 0) is 0 Å². The molecule has 1 aromatic rings. The highest BCUT2D eigenvalue weighted by atomic mass is 14.9. The van der Waals surface area contributed by atoms with Crippen LogP contribution in [0.15, 0.2) is 30.9 Å². The average molecular weight is 245 g/mol. The van der Waals surface area contributed by atoms with Gasteiger partial charge < -0.3 is 5.32 Å². The van der Waals surface area contributed by atoms with Crippen molar-refractivity contribution in [2.24, 2.45) is 0 Å². The van der Waals surface area contributed by atoms with E-state index < -0.39 is 0 Å². The first-order chi connectivity index (χ1) is 8.70. The van der Waals surface area contributed by atoms with Gasteiger partial charge in [-0.05, 0) is 62.8 Å². The fraction of sp³-hybridized carbons (Fsp3) is 0.529. The lowest BCUT2D eigenvalue weighted by molar-refractivity contribution is 0.482. The highest BCUT2D eigenvalue weighted by Gasteiger charge is 2.14. The van der Waals surface area contributed by atoms with Crippen LogP contribution >= 0.6 is 0 Å². The van der Waals surface area contributed by atoms with Gasteiger partial charge >= 0.3 is 0 Å². The Morgan fingerprint density at radius 3 is 2.50 bits per heavy atom. The molecule has 1 rings (SSSR count). The van der Waals surface area contributed by atoms with Crippen LogP contribution in [0.4, 0.5) is 0 Å². The Hall–Kier alpha value is -1.08. The second-order valence-corrected chi connectivity index (χ2v) is 5.03. The lowest BCUT2D eigenvalue weighted by Crippen LogP contribution is -2.23. The summed E-state index contributed by atoms with van der Waals surface area (Å²) in [6.07, 6.45) is 6.70. The SMILES string of the molecule is C=CCCCC(NCCC)c1c(C)cccc1C. The van der Waals surface area contributed by atoms with Crippen molar-refractivity contribution in [1.29, 1.82) is 0 Å². The third-order valence-corrected chi connectivity index (χ3v) is 3.43. The van der Waals surface area contributed by atoms with Crippen molar-refractivity contribution in [3.05, 3.63) is 47.5 Å². The maximum Gasteiger partial charge on any atom is 0.0325 e. The molecule has 0 saturated heterocycles. The zero-order chi connectivity index (χ0) is 13.4. The molecule has 1 heteroatoms. The summed E-state index contributed by atoms with van der Waals surface area (Å²) in [5.41, 5.74) is 4.31. The number of hydrogen-bond donors (Lipinski definition) is 1. The number of nitrogens with one attached hydrogen (secondary N) is 1. The largest absolute Gasteiger partial charge is 0.310 e. The van der Waals surface area contributed by atoms with Gasteiger partial charge in [-0.2, -0.15) is 0 Å². The van der Waals surface area contributed by atoms with Gasteiger partial charge in [0, 0.05) is 6.04 Å². The summed E-state index contributed by atoms with van der Waals surface area (Å²) in [6.45, 7) is 11.6. The van der Waals surface area contributed by atoms with Gasteiger partial charge in [0.25, 0.3) is 0 Å². The normalized spacial score (nSPS) is 12.4. The number of rotatable bonds is 8. The molecular formula is C17H27N. The Morgan fingerprint density at radius 1 is 1.28 bits per heavy atom. The Labute approximate surface area is 112 Å². The number of aryl methyl sites for hydroxylation is 2. The summed E-state index contributed by atoms with van der Waals surface area (Å²) in [5.74, 6) is 0. The van der Waals surface area contributed by atoms with Gasteiger partial charge in [-0.3, -0.25) is 0 Å². The Balaban J connectivity index is 2.82. The second kappa shape index (κ2) is 8.10. The Bertz CT molecular complexity index is 348. The third-order valence-electron chi connectivity index (χ3n) is 3.43. The lowest BCUT2D eigenvalue weighted by atomic mass is 9.92. The minimum atomic E-state index is 0.492. The van der Waals surface area contributed by atoms with Gasteiger partial charge in [-0.25, -0.2) is 0 Å². The van der Waals surface area contributed by atoms with Gasteiger partial charge in [0.2, 0.25) is 0 Å². The highest BCUT2D eigenvalue weighted by Crippen LogP contribution is 2.26. The predicted molar refractivity (Wildman–Crippen MR) is 81.0 cm³/mol. The molecule has 0 fully saturated rings. The summed E-state index contributed by atoms with van der Waals surface area (Å²) in [6, 6.07) is 7.08. The van der Waals surface area contributed by atoms with Crippen molar-refractivity contribution >= 4 is 0 Å². The van der Waals surface area contributed by atoms with Crippen molar-refractivity contribution in [2.45, 2.75) is 52.5 Å². The van der Waals surface area contributed by atoms with Crippen molar-refractivity contribution in [3.63, 3.8) is 0 Å². The Kier molecular flexibility index (Phi) is 6.74. The lowest BCUT2D eigenvalue weighted by Gasteiger charge is -2.23. The molecule has 0 aliphatic heterocycles. The molecule has 1 nitrogen and oxygen atoms in total. The molecule has 0 bridgehead atoms. The minimum Gasteiger partial charge on any atom is -0.310 e. The van der Waals surface area contributed by atoms with Crippen LogP contribution in [0, 0.1) is 13.8 Å². The summed E-state index contributed by atoms with van der Waals surface area (Å²) in [4.78, 5) is 0. The van der Waals surface area contributed by atoms with E-state index >= 15 is 0 Å². The zero-order valence-electron chi connectivity index (χ0n) is 12.1. The van der Waals surface area contributed by atoms with Gasteiger partial charge in [0.15, 0.2) is 0 Å². The molecular weight excluding hydrogens is 218 g/mol. The fourth-order valence-electron chi connectivity index (χ4n) is 2.51. The molecule has 0 aliphatic rings. The summed E-state index contributed by atoms with van der Waals surface area (Å²) in [7, 11) is 0. The van der Waals surface area contributed by atoms with Crippen LogP contribution in [0.3, 0.4) is 0 Å². The average Bonchev–Trinajstić information content (AvgIpc) is 2.35. The smallest absolute Gasteiger partial charge is 0.0325 e. The molecule has 100 valence electrons. The van der Waals surface area contributed by atoms with E-state index in [-0.39, 0.29) is 0 Å². The summed E-state index contributed by atoms with van der Waals surface area (Å²) < 4.78 is 0. The number of hydrogen-bond acceptors (Lipinski definition) is 1. The predicted octanol–water partition coefficient (Wildman–Crippen LogP) is 4.70. The van der Waals surface area contributed by atoms with Crippen LogP contribution in [0.1, 0.15) is 55.3 Å². The molecule has 1 unspecified atom stereocenters.